The Kier molecular flexibility index (Phi) is 4.81. The van der Waals surface area contributed by atoms with Gasteiger partial charge in [0.25, 0.3) is 5.56 Å². The van der Waals surface area contributed by atoms with Gasteiger partial charge in [-0.25, -0.2) is 9.97 Å². The monoisotopic (exact) mass is 374 g/mol. The number of imidazole rings is 1. The first-order valence-corrected chi connectivity index (χ1v) is 8.79. The second-order valence-electron chi connectivity index (χ2n) is 5.98. The topological polar surface area (TPSA) is 72.8 Å². The zero-order chi connectivity index (χ0) is 18.2. The maximum Gasteiger partial charge on any atom is 0.574 e. The van der Waals surface area contributed by atoms with E-state index in [0.717, 1.165) is 30.3 Å². The van der Waals surface area contributed by atoms with Crippen LogP contribution in [0, 0.1) is 0 Å². The van der Waals surface area contributed by atoms with Crippen molar-refractivity contribution >= 4 is 11.8 Å². The smallest absolute Gasteiger partial charge is 0.386 e. The zero-order valence-electron chi connectivity index (χ0n) is 13.7. The molecule has 0 aromatic carbocycles. The molecule has 3 rings (SSSR count). The van der Waals surface area contributed by atoms with Crippen LogP contribution in [0.15, 0.2) is 16.3 Å². The summed E-state index contributed by atoms with van der Waals surface area (Å²) in [5, 5.41) is 0.389. The second kappa shape index (κ2) is 6.74. The van der Waals surface area contributed by atoms with Crippen molar-refractivity contribution in [2.45, 2.75) is 56.4 Å². The molecule has 1 N–H and O–H groups in total. The van der Waals surface area contributed by atoms with E-state index in [-0.39, 0.29) is 17.4 Å². The predicted molar refractivity (Wildman–Crippen MR) is 85.7 cm³/mol. The van der Waals surface area contributed by atoms with Gasteiger partial charge >= 0.3 is 6.36 Å². The van der Waals surface area contributed by atoms with Crippen molar-refractivity contribution in [2.24, 2.45) is 0 Å². The number of aromatic amines is 1. The molecular formula is C15H17F3N4O2S. The quantitative estimate of drug-likeness (QED) is 0.643. The molecule has 6 nitrogen and oxygen atoms in total. The zero-order valence-corrected chi connectivity index (χ0v) is 14.5. The third-order valence-electron chi connectivity index (χ3n) is 3.89. The maximum atomic E-state index is 12.6. The lowest BCUT2D eigenvalue weighted by Gasteiger charge is -2.14. The average Bonchev–Trinajstić information content (AvgIpc) is 3.10. The highest BCUT2D eigenvalue weighted by Crippen LogP contribution is 2.31. The maximum absolute atomic E-state index is 12.6. The van der Waals surface area contributed by atoms with Crippen molar-refractivity contribution in [3.05, 3.63) is 33.6 Å². The minimum absolute atomic E-state index is 0.0827. The van der Waals surface area contributed by atoms with Crippen LogP contribution >= 0.6 is 11.8 Å². The Balaban J connectivity index is 1.84. The van der Waals surface area contributed by atoms with Crippen molar-refractivity contribution < 1.29 is 17.9 Å². The molecule has 2 aromatic heterocycles. The number of fused-ring (bicyclic) bond motifs is 1. The largest absolute Gasteiger partial charge is 0.574 e. The number of aromatic nitrogens is 4. The van der Waals surface area contributed by atoms with E-state index in [2.05, 4.69) is 19.7 Å². The number of ether oxygens (including phenoxy) is 1. The number of hydrogen-bond donors (Lipinski definition) is 1. The highest BCUT2D eigenvalue weighted by atomic mass is 32.2. The number of nitrogens with one attached hydrogen (secondary N) is 1. The van der Waals surface area contributed by atoms with Crippen LogP contribution in [-0.4, -0.2) is 25.9 Å². The molecule has 0 atom stereocenters. The van der Waals surface area contributed by atoms with Gasteiger partial charge in [0.1, 0.15) is 0 Å². The van der Waals surface area contributed by atoms with E-state index in [1.165, 1.54) is 6.33 Å². The number of alkyl halides is 3. The summed E-state index contributed by atoms with van der Waals surface area (Å²) in [4.78, 5) is 22.8. The standard InChI is InChI=1S/C15H17F3N4O2S/c1-8(2)22-7-19-13(24-15(16,17)18)11(22)6-25-14-20-10-5-3-4-9(10)12(23)21-14/h7-8H,3-6H2,1-2H3,(H,20,21,23). The predicted octanol–water partition coefficient (Wildman–Crippen LogP) is 3.23. The van der Waals surface area contributed by atoms with Gasteiger partial charge in [-0.1, -0.05) is 11.8 Å². The van der Waals surface area contributed by atoms with Crippen LogP contribution in [0.3, 0.4) is 0 Å². The number of halogens is 3. The third kappa shape index (κ3) is 4.00. The second-order valence-corrected chi connectivity index (χ2v) is 6.95. The molecule has 0 amide bonds. The lowest BCUT2D eigenvalue weighted by atomic mass is 10.3. The molecule has 0 bridgehead atoms. The summed E-state index contributed by atoms with van der Waals surface area (Å²) in [6, 6.07) is -0.0827. The fourth-order valence-electron chi connectivity index (χ4n) is 2.77. The summed E-state index contributed by atoms with van der Waals surface area (Å²) in [7, 11) is 0. The average molecular weight is 374 g/mol. The van der Waals surface area contributed by atoms with Gasteiger partial charge in [0, 0.05) is 17.4 Å². The highest BCUT2D eigenvalue weighted by Gasteiger charge is 2.34. The molecule has 0 saturated carbocycles. The van der Waals surface area contributed by atoms with Crippen LogP contribution in [0.1, 0.15) is 43.3 Å². The van der Waals surface area contributed by atoms with E-state index in [1.807, 2.05) is 13.8 Å². The van der Waals surface area contributed by atoms with Gasteiger partial charge in [0.2, 0.25) is 5.88 Å². The molecule has 0 fully saturated rings. The summed E-state index contributed by atoms with van der Waals surface area (Å²) in [5.41, 5.74) is 1.60. The van der Waals surface area contributed by atoms with E-state index >= 15 is 0 Å². The summed E-state index contributed by atoms with van der Waals surface area (Å²) < 4.78 is 43.3. The van der Waals surface area contributed by atoms with Crippen molar-refractivity contribution in [1.82, 2.24) is 19.5 Å². The Bertz CT molecular complexity index is 829. The fourth-order valence-corrected chi connectivity index (χ4v) is 3.65. The molecule has 0 aliphatic heterocycles. The minimum atomic E-state index is -4.81. The Morgan fingerprint density at radius 2 is 2.16 bits per heavy atom. The number of nitrogens with zero attached hydrogens (tertiary/aromatic N) is 3. The van der Waals surface area contributed by atoms with E-state index in [4.69, 9.17) is 0 Å². The molecular weight excluding hydrogens is 357 g/mol. The highest BCUT2D eigenvalue weighted by molar-refractivity contribution is 7.98. The van der Waals surface area contributed by atoms with Gasteiger partial charge < -0.3 is 14.3 Å². The molecule has 0 saturated heterocycles. The van der Waals surface area contributed by atoms with E-state index in [1.54, 1.807) is 4.57 Å². The van der Waals surface area contributed by atoms with Crippen LogP contribution in [0.2, 0.25) is 0 Å². The van der Waals surface area contributed by atoms with Gasteiger partial charge in [-0.15, -0.1) is 13.2 Å². The number of rotatable bonds is 5. The van der Waals surface area contributed by atoms with Crippen molar-refractivity contribution in [3.8, 4) is 5.88 Å². The fraction of sp³-hybridized carbons (Fsp3) is 0.533. The summed E-state index contributed by atoms with van der Waals surface area (Å²) in [6.07, 6.45) is -1.13. The van der Waals surface area contributed by atoms with Gasteiger partial charge in [-0.2, -0.15) is 0 Å². The minimum Gasteiger partial charge on any atom is -0.386 e. The molecule has 0 spiro atoms. The lowest BCUT2D eigenvalue weighted by Crippen LogP contribution is -2.19. The molecule has 0 radical (unpaired) electrons. The third-order valence-corrected chi connectivity index (χ3v) is 4.78. The molecule has 25 heavy (non-hydrogen) atoms. The summed E-state index contributed by atoms with van der Waals surface area (Å²) >= 11 is 1.16. The molecule has 136 valence electrons. The Morgan fingerprint density at radius 1 is 1.40 bits per heavy atom. The summed E-state index contributed by atoms with van der Waals surface area (Å²) in [6.45, 7) is 3.67. The van der Waals surface area contributed by atoms with Crippen LogP contribution in [0.5, 0.6) is 5.88 Å². The van der Waals surface area contributed by atoms with E-state index in [0.29, 0.717) is 22.8 Å². The molecule has 2 heterocycles. The Labute approximate surface area is 145 Å². The van der Waals surface area contributed by atoms with Crippen LogP contribution in [-0.2, 0) is 18.6 Å². The molecule has 2 aromatic rings. The molecule has 10 heteroatoms. The van der Waals surface area contributed by atoms with Gasteiger partial charge in [-0.05, 0) is 33.1 Å². The van der Waals surface area contributed by atoms with Crippen molar-refractivity contribution in [2.75, 3.05) is 0 Å². The first-order valence-electron chi connectivity index (χ1n) is 7.81. The van der Waals surface area contributed by atoms with Crippen molar-refractivity contribution in [3.63, 3.8) is 0 Å². The first-order chi connectivity index (χ1) is 11.7. The van der Waals surface area contributed by atoms with Crippen LogP contribution < -0.4 is 10.3 Å². The molecule has 1 aliphatic rings. The van der Waals surface area contributed by atoms with E-state index < -0.39 is 12.2 Å². The van der Waals surface area contributed by atoms with Gasteiger partial charge in [0.15, 0.2) is 5.16 Å². The Morgan fingerprint density at radius 3 is 2.84 bits per heavy atom. The lowest BCUT2D eigenvalue weighted by molar-refractivity contribution is -0.276. The first kappa shape index (κ1) is 17.8. The van der Waals surface area contributed by atoms with Crippen LogP contribution in [0.25, 0.3) is 0 Å². The number of aryl methyl sites for hydroxylation is 1. The van der Waals surface area contributed by atoms with Gasteiger partial charge in [0.05, 0.1) is 17.7 Å². The van der Waals surface area contributed by atoms with Crippen LogP contribution in [0.4, 0.5) is 13.2 Å². The van der Waals surface area contributed by atoms with Crippen molar-refractivity contribution in [1.29, 1.82) is 0 Å². The van der Waals surface area contributed by atoms with E-state index in [9.17, 15) is 18.0 Å². The number of thioether (sulfide) groups is 1. The normalized spacial score (nSPS) is 14.2. The van der Waals surface area contributed by atoms with Gasteiger partial charge in [-0.3, -0.25) is 4.79 Å². The number of hydrogen-bond acceptors (Lipinski definition) is 5. The molecule has 0 unspecified atom stereocenters. The molecule has 1 aliphatic carbocycles. The summed E-state index contributed by atoms with van der Waals surface area (Å²) in [5.74, 6) is -0.331. The SMILES string of the molecule is CC(C)n1cnc(OC(F)(F)F)c1CSc1nc2c(c(=O)[nH]1)CCC2. The Hall–Kier alpha value is -1.97. The number of H-pyrrole nitrogens is 1.